The molecular formula is C34H34F8O2. The molecule has 44 heavy (non-hydrogen) atoms. The van der Waals surface area contributed by atoms with Crippen molar-refractivity contribution in [2.75, 3.05) is 0 Å². The number of hydrogen-bond donors (Lipinski definition) is 0. The molecule has 1 aliphatic carbocycles. The Labute approximate surface area is 251 Å². The van der Waals surface area contributed by atoms with E-state index in [1.807, 2.05) is 0 Å². The topological polar surface area (TPSA) is 18.5 Å². The summed E-state index contributed by atoms with van der Waals surface area (Å²) in [6.45, 7) is 2.20. The van der Waals surface area contributed by atoms with Crippen molar-refractivity contribution in [1.82, 2.24) is 0 Å². The highest BCUT2D eigenvalue weighted by molar-refractivity contribution is 5.65. The van der Waals surface area contributed by atoms with Gasteiger partial charge in [0.25, 0.3) is 0 Å². The average Bonchev–Trinajstić information content (AvgIpc) is 2.98. The number of ether oxygens (including phenoxy) is 2. The molecule has 1 aliphatic rings. The van der Waals surface area contributed by atoms with E-state index in [0.29, 0.717) is 24.1 Å². The molecule has 0 saturated heterocycles. The number of halogens is 8. The van der Waals surface area contributed by atoms with Crippen LogP contribution in [0.25, 0.3) is 11.1 Å². The zero-order valence-electron chi connectivity index (χ0n) is 24.3. The van der Waals surface area contributed by atoms with E-state index >= 15 is 4.39 Å². The van der Waals surface area contributed by atoms with Crippen LogP contribution in [0.2, 0.25) is 0 Å². The second-order valence-corrected chi connectivity index (χ2v) is 11.2. The molecule has 10 heteroatoms. The van der Waals surface area contributed by atoms with Gasteiger partial charge in [-0.1, -0.05) is 63.6 Å². The van der Waals surface area contributed by atoms with Crippen LogP contribution in [0.5, 0.6) is 11.5 Å². The van der Waals surface area contributed by atoms with Gasteiger partial charge in [0.2, 0.25) is 0 Å². The lowest BCUT2D eigenvalue weighted by atomic mass is 9.77. The van der Waals surface area contributed by atoms with E-state index in [9.17, 15) is 30.7 Å². The summed E-state index contributed by atoms with van der Waals surface area (Å²) < 4.78 is 119. The Kier molecular flexibility index (Phi) is 11.3. The molecule has 3 aromatic rings. The van der Waals surface area contributed by atoms with Crippen LogP contribution >= 0.6 is 0 Å². The standard InChI is InChI=1S/C34H34F8O2/c1-2-3-4-5-6-7-21-8-10-22(11-9-21)23-12-15-26(28(35)18-23)24-13-16-27(29(36)19-24)34(41,42)44-25-14-17-31(30(37)20-25)43-33(40)32(38)39/h12-22H,2-11H2,1H3. The maximum Gasteiger partial charge on any atom is 0.429 e. The summed E-state index contributed by atoms with van der Waals surface area (Å²) in [5.74, 6) is -4.34. The minimum atomic E-state index is -4.30. The Balaban J connectivity index is 1.39. The molecule has 0 amide bonds. The Morgan fingerprint density at radius 2 is 1.50 bits per heavy atom. The Hall–Kier alpha value is -3.56. The number of unbranched alkanes of at least 4 members (excludes halogenated alkanes) is 4. The summed E-state index contributed by atoms with van der Waals surface area (Å²) in [5, 5.41) is 0. The van der Waals surface area contributed by atoms with Gasteiger partial charge in [0, 0.05) is 11.6 Å². The zero-order chi connectivity index (χ0) is 31.9. The van der Waals surface area contributed by atoms with E-state index in [0.717, 1.165) is 49.4 Å². The van der Waals surface area contributed by atoms with Crippen LogP contribution in [0.1, 0.15) is 88.2 Å². The molecule has 238 valence electrons. The summed E-state index contributed by atoms with van der Waals surface area (Å²) in [6.07, 6.45) is 4.54. The van der Waals surface area contributed by atoms with Crippen LogP contribution < -0.4 is 9.47 Å². The fourth-order valence-corrected chi connectivity index (χ4v) is 5.73. The van der Waals surface area contributed by atoms with Gasteiger partial charge in [-0.2, -0.15) is 22.0 Å². The molecule has 0 heterocycles. The maximum absolute atomic E-state index is 15.2. The van der Waals surface area contributed by atoms with Crippen LogP contribution in [-0.4, -0.2) is 0 Å². The van der Waals surface area contributed by atoms with Crippen molar-refractivity contribution in [3.05, 3.63) is 95.3 Å². The van der Waals surface area contributed by atoms with Crippen LogP contribution in [0.3, 0.4) is 0 Å². The highest BCUT2D eigenvalue weighted by atomic mass is 19.3. The highest BCUT2D eigenvalue weighted by Crippen LogP contribution is 2.40. The van der Waals surface area contributed by atoms with Crippen molar-refractivity contribution >= 4 is 0 Å². The molecule has 0 spiro atoms. The molecule has 0 aromatic heterocycles. The first-order valence-corrected chi connectivity index (χ1v) is 14.8. The quantitative estimate of drug-likeness (QED) is 0.107. The van der Waals surface area contributed by atoms with Gasteiger partial charge in [0.05, 0.1) is 5.56 Å². The molecule has 3 aromatic carbocycles. The van der Waals surface area contributed by atoms with Crippen molar-refractivity contribution in [3.63, 3.8) is 0 Å². The van der Waals surface area contributed by atoms with Crippen molar-refractivity contribution in [3.8, 4) is 22.6 Å². The lowest BCUT2D eigenvalue weighted by molar-refractivity contribution is -0.187. The summed E-state index contributed by atoms with van der Waals surface area (Å²) in [7, 11) is 0. The number of alkyl halides is 2. The molecule has 0 aliphatic heterocycles. The molecule has 4 rings (SSSR count). The zero-order valence-corrected chi connectivity index (χ0v) is 24.3. The van der Waals surface area contributed by atoms with Gasteiger partial charge >= 0.3 is 18.2 Å². The Morgan fingerprint density at radius 1 is 0.773 bits per heavy atom. The van der Waals surface area contributed by atoms with Gasteiger partial charge in [-0.15, -0.1) is 0 Å². The summed E-state index contributed by atoms with van der Waals surface area (Å²) in [6, 6.07) is 6.65. The first kappa shape index (κ1) is 33.3. The van der Waals surface area contributed by atoms with Gasteiger partial charge in [0.15, 0.2) is 11.6 Å². The van der Waals surface area contributed by atoms with Crippen molar-refractivity contribution in [1.29, 1.82) is 0 Å². The Bertz CT molecular complexity index is 1440. The van der Waals surface area contributed by atoms with E-state index in [-0.39, 0.29) is 17.0 Å². The predicted molar refractivity (Wildman–Crippen MR) is 152 cm³/mol. The predicted octanol–water partition coefficient (Wildman–Crippen LogP) is 11.9. The molecule has 2 nitrogen and oxygen atoms in total. The largest absolute Gasteiger partial charge is 0.429 e. The van der Waals surface area contributed by atoms with Gasteiger partial charge < -0.3 is 9.47 Å². The van der Waals surface area contributed by atoms with E-state index in [1.54, 1.807) is 6.07 Å². The molecular weight excluding hydrogens is 592 g/mol. The van der Waals surface area contributed by atoms with Gasteiger partial charge in [-0.3, -0.25) is 0 Å². The molecule has 0 atom stereocenters. The number of benzene rings is 3. The molecule has 0 bridgehead atoms. The first-order valence-electron chi connectivity index (χ1n) is 14.8. The van der Waals surface area contributed by atoms with Gasteiger partial charge in [0.1, 0.15) is 17.4 Å². The Morgan fingerprint density at radius 3 is 2.14 bits per heavy atom. The van der Waals surface area contributed by atoms with Crippen LogP contribution in [0, 0.1) is 23.4 Å². The van der Waals surface area contributed by atoms with Crippen LogP contribution in [-0.2, 0) is 6.11 Å². The third-order valence-electron chi connectivity index (χ3n) is 8.12. The second-order valence-electron chi connectivity index (χ2n) is 11.2. The highest BCUT2D eigenvalue weighted by Gasteiger charge is 2.38. The lowest BCUT2D eigenvalue weighted by Gasteiger charge is -2.29. The molecule has 0 unspecified atom stereocenters. The van der Waals surface area contributed by atoms with Crippen LogP contribution in [0.15, 0.2) is 66.7 Å². The number of hydrogen-bond acceptors (Lipinski definition) is 2. The van der Waals surface area contributed by atoms with E-state index in [4.69, 9.17) is 0 Å². The average molecular weight is 627 g/mol. The third kappa shape index (κ3) is 8.54. The van der Waals surface area contributed by atoms with E-state index in [2.05, 4.69) is 16.4 Å². The fraction of sp³-hybridized carbons (Fsp3) is 0.412. The van der Waals surface area contributed by atoms with E-state index < -0.39 is 52.7 Å². The molecule has 1 fully saturated rings. The normalized spacial score (nSPS) is 16.9. The lowest BCUT2D eigenvalue weighted by Crippen LogP contribution is -2.23. The minimum Gasteiger partial charge on any atom is -0.429 e. The van der Waals surface area contributed by atoms with E-state index in [1.165, 1.54) is 50.7 Å². The third-order valence-corrected chi connectivity index (χ3v) is 8.12. The molecule has 0 N–H and O–H groups in total. The molecule has 0 radical (unpaired) electrons. The van der Waals surface area contributed by atoms with Crippen molar-refractivity contribution < 1.29 is 44.6 Å². The monoisotopic (exact) mass is 626 g/mol. The van der Waals surface area contributed by atoms with Crippen LogP contribution in [0.4, 0.5) is 35.1 Å². The van der Waals surface area contributed by atoms with Gasteiger partial charge in [-0.05, 0) is 79.0 Å². The summed E-state index contributed by atoms with van der Waals surface area (Å²) in [4.78, 5) is 0. The SMILES string of the molecule is CCCCCCCC1CCC(c2ccc(-c3ccc(C(F)(F)Oc4ccc(OC(F)=C(F)F)c(F)c4)c(F)c3)c(F)c2)CC1. The maximum atomic E-state index is 15.2. The minimum absolute atomic E-state index is 0.0422. The van der Waals surface area contributed by atoms with Crippen molar-refractivity contribution in [2.24, 2.45) is 5.92 Å². The molecule has 1 saturated carbocycles. The van der Waals surface area contributed by atoms with Crippen molar-refractivity contribution in [2.45, 2.75) is 83.2 Å². The smallest absolute Gasteiger partial charge is 0.429 e. The number of rotatable bonds is 13. The first-order chi connectivity index (χ1) is 21.0. The summed E-state index contributed by atoms with van der Waals surface area (Å²) in [5.41, 5.74) is -0.245. The fourth-order valence-electron chi connectivity index (χ4n) is 5.73. The van der Waals surface area contributed by atoms with Gasteiger partial charge in [-0.25, -0.2) is 13.2 Å². The summed E-state index contributed by atoms with van der Waals surface area (Å²) >= 11 is 0. The second kappa shape index (κ2) is 14.9.